The van der Waals surface area contributed by atoms with E-state index in [1.165, 1.54) is 4.90 Å². The normalized spacial score (nSPS) is 15.4. The summed E-state index contributed by atoms with van der Waals surface area (Å²) in [6.45, 7) is 3.10. The van der Waals surface area contributed by atoms with Gasteiger partial charge in [0, 0.05) is 0 Å². The summed E-state index contributed by atoms with van der Waals surface area (Å²) in [7, 11) is 0. The number of hydrogen-bond acceptors (Lipinski definition) is 4. The summed E-state index contributed by atoms with van der Waals surface area (Å²) in [5, 5.41) is 2.00. The number of unbranched alkanes of at least 4 members (excludes halogenated alkanes) is 1. The Balaban J connectivity index is 1.46. The van der Waals surface area contributed by atoms with Crippen molar-refractivity contribution in [2.75, 3.05) is 6.61 Å². The minimum Gasteiger partial charge on any atom is -0.494 e. The third-order valence-corrected chi connectivity index (χ3v) is 5.88. The maximum absolute atomic E-state index is 12.8. The Morgan fingerprint density at radius 2 is 1.73 bits per heavy atom. The van der Waals surface area contributed by atoms with E-state index in [4.69, 9.17) is 4.74 Å². The van der Waals surface area contributed by atoms with Gasteiger partial charge in [-0.3, -0.25) is 14.5 Å². The van der Waals surface area contributed by atoms with Gasteiger partial charge in [-0.25, -0.2) is 0 Å². The highest BCUT2D eigenvalue weighted by molar-refractivity contribution is 8.18. The van der Waals surface area contributed by atoms with Crippen LogP contribution in [-0.4, -0.2) is 22.7 Å². The minimum absolute atomic E-state index is 0.237. The first kappa shape index (κ1) is 20.2. The van der Waals surface area contributed by atoms with E-state index < -0.39 is 0 Å². The van der Waals surface area contributed by atoms with E-state index in [1.54, 1.807) is 6.08 Å². The van der Waals surface area contributed by atoms with E-state index in [0.717, 1.165) is 52.3 Å². The number of nitrogens with zero attached hydrogens (tertiary/aromatic N) is 1. The van der Waals surface area contributed by atoms with Crippen molar-refractivity contribution in [1.29, 1.82) is 0 Å². The molecule has 0 unspecified atom stereocenters. The van der Waals surface area contributed by atoms with Crippen molar-refractivity contribution >= 4 is 39.8 Å². The number of amides is 2. The number of rotatable bonds is 7. The van der Waals surface area contributed by atoms with E-state index in [2.05, 4.69) is 6.92 Å². The molecule has 1 aliphatic heterocycles. The molecule has 0 aliphatic carbocycles. The number of carbonyl (C=O) groups excluding carboxylic acids is 2. The Labute approximate surface area is 180 Å². The maximum atomic E-state index is 12.8. The van der Waals surface area contributed by atoms with Crippen molar-refractivity contribution < 1.29 is 14.3 Å². The summed E-state index contributed by atoms with van der Waals surface area (Å²) in [6.07, 6.45) is 3.88. The second-order valence-corrected chi connectivity index (χ2v) is 8.21. The second kappa shape index (κ2) is 9.18. The zero-order valence-electron chi connectivity index (χ0n) is 16.8. The molecule has 5 heteroatoms. The molecule has 0 N–H and O–H groups in total. The third-order valence-electron chi connectivity index (χ3n) is 4.97. The van der Waals surface area contributed by atoms with Crippen molar-refractivity contribution in [2.24, 2.45) is 0 Å². The van der Waals surface area contributed by atoms with Crippen LogP contribution in [0.15, 0.2) is 71.6 Å². The van der Waals surface area contributed by atoms with Gasteiger partial charge in [-0.05, 0) is 64.4 Å². The quantitative estimate of drug-likeness (QED) is 0.336. The van der Waals surface area contributed by atoms with Crippen molar-refractivity contribution in [3.8, 4) is 5.75 Å². The van der Waals surface area contributed by atoms with E-state index in [1.807, 2.05) is 66.7 Å². The van der Waals surface area contributed by atoms with Crippen LogP contribution in [0.5, 0.6) is 5.75 Å². The van der Waals surface area contributed by atoms with Crippen molar-refractivity contribution in [2.45, 2.75) is 26.3 Å². The van der Waals surface area contributed by atoms with Gasteiger partial charge in [0.15, 0.2) is 0 Å². The second-order valence-electron chi connectivity index (χ2n) is 7.22. The molecular weight excluding hydrogens is 394 g/mol. The molecule has 30 heavy (non-hydrogen) atoms. The predicted octanol–water partition coefficient (Wildman–Crippen LogP) is 6.26. The average molecular weight is 418 g/mol. The van der Waals surface area contributed by atoms with Gasteiger partial charge in [-0.1, -0.05) is 61.9 Å². The molecule has 0 radical (unpaired) electrons. The highest BCUT2D eigenvalue weighted by atomic mass is 32.2. The predicted molar refractivity (Wildman–Crippen MR) is 122 cm³/mol. The molecule has 0 aromatic heterocycles. The van der Waals surface area contributed by atoms with Crippen molar-refractivity contribution in [3.05, 3.63) is 82.8 Å². The van der Waals surface area contributed by atoms with E-state index in [-0.39, 0.29) is 17.7 Å². The van der Waals surface area contributed by atoms with Crippen LogP contribution in [0.25, 0.3) is 16.8 Å². The van der Waals surface area contributed by atoms with Crippen molar-refractivity contribution in [1.82, 2.24) is 4.90 Å². The standard InChI is InChI=1S/C25H23NO3S/c1-2-3-14-29-22-12-9-18(10-13-22)16-23-24(27)26(25(28)30-23)17-19-8-11-20-6-4-5-7-21(20)15-19/h4-13,15-16H,2-3,14,17H2,1H3/b23-16-. The number of imide groups is 1. The van der Waals surface area contributed by atoms with Gasteiger partial charge >= 0.3 is 0 Å². The number of hydrogen-bond donors (Lipinski definition) is 0. The summed E-state index contributed by atoms with van der Waals surface area (Å²) in [5.41, 5.74) is 1.81. The first-order chi connectivity index (χ1) is 14.6. The third kappa shape index (κ3) is 4.57. The van der Waals surface area contributed by atoms with Gasteiger partial charge in [0.05, 0.1) is 18.1 Å². The molecule has 0 bridgehead atoms. The van der Waals surface area contributed by atoms with Crippen molar-refractivity contribution in [3.63, 3.8) is 0 Å². The Morgan fingerprint density at radius 3 is 2.50 bits per heavy atom. The Morgan fingerprint density at radius 1 is 0.967 bits per heavy atom. The number of fused-ring (bicyclic) bond motifs is 1. The lowest BCUT2D eigenvalue weighted by molar-refractivity contribution is -0.123. The molecule has 2 amide bonds. The van der Waals surface area contributed by atoms with Crippen LogP contribution in [0.1, 0.15) is 30.9 Å². The summed E-state index contributed by atoms with van der Waals surface area (Å²) >= 11 is 0.988. The molecule has 1 saturated heterocycles. The van der Waals surface area contributed by atoms with E-state index in [0.29, 0.717) is 11.5 Å². The zero-order chi connectivity index (χ0) is 20.9. The lowest BCUT2D eigenvalue weighted by atomic mass is 10.1. The number of carbonyl (C=O) groups is 2. The summed E-state index contributed by atoms with van der Waals surface area (Å²) < 4.78 is 5.67. The fourth-order valence-corrected chi connectivity index (χ4v) is 4.14. The van der Waals surface area contributed by atoms with Gasteiger partial charge in [-0.15, -0.1) is 0 Å². The molecule has 1 heterocycles. The lowest BCUT2D eigenvalue weighted by Gasteiger charge is -2.13. The Bertz CT molecular complexity index is 1100. The first-order valence-corrected chi connectivity index (χ1v) is 10.9. The molecule has 3 aromatic rings. The van der Waals surface area contributed by atoms with E-state index >= 15 is 0 Å². The molecular formula is C25H23NO3S. The molecule has 0 atom stereocenters. The topological polar surface area (TPSA) is 46.6 Å². The van der Waals surface area contributed by atoms with Gasteiger partial charge < -0.3 is 4.74 Å². The highest BCUT2D eigenvalue weighted by Crippen LogP contribution is 2.33. The molecule has 0 spiro atoms. The number of thioether (sulfide) groups is 1. The summed E-state index contributed by atoms with van der Waals surface area (Å²) in [5.74, 6) is 0.562. The minimum atomic E-state index is -0.249. The monoisotopic (exact) mass is 417 g/mol. The van der Waals surface area contributed by atoms with Gasteiger partial charge in [0.25, 0.3) is 11.1 Å². The fraction of sp³-hybridized carbons (Fsp3) is 0.200. The number of benzene rings is 3. The molecule has 3 aromatic carbocycles. The van der Waals surface area contributed by atoms with Crippen LogP contribution in [0.4, 0.5) is 4.79 Å². The molecule has 1 aliphatic rings. The highest BCUT2D eigenvalue weighted by Gasteiger charge is 2.34. The SMILES string of the molecule is CCCCOc1ccc(/C=C2\SC(=O)N(Cc3ccc4ccccc4c3)C2=O)cc1. The smallest absolute Gasteiger partial charge is 0.293 e. The van der Waals surface area contributed by atoms with Crippen LogP contribution in [0.2, 0.25) is 0 Å². The van der Waals surface area contributed by atoms with Crippen LogP contribution in [-0.2, 0) is 11.3 Å². The Hall–Kier alpha value is -3.05. The summed E-state index contributed by atoms with van der Waals surface area (Å²) in [4.78, 5) is 27.0. The van der Waals surface area contributed by atoms with Crippen LogP contribution < -0.4 is 4.74 Å². The number of ether oxygens (including phenoxy) is 1. The Kier molecular flexibility index (Phi) is 6.19. The molecule has 0 saturated carbocycles. The summed E-state index contributed by atoms with van der Waals surface area (Å²) in [6, 6.07) is 21.6. The van der Waals surface area contributed by atoms with Crippen LogP contribution >= 0.6 is 11.8 Å². The van der Waals surface area contributed by atoms with Gasteiger partial charge in [-0.2, -0.15) is 0 Å². The zero-order valence-corrected chi connectivity index (χ0v) is 17.7. The molecule has 4 nitrogen and oxygen atoms in total. The first-order valence-electron chi connectivity index (χ1n) is 10.1. The maximum Gasteiger partial charge on any atom is 0.293 e. The molecule has 152 valence electrons. The van der Waals surface area contributed by atoms with Gasteiger partial charge in [0.2, 0.25) is 0 Å². The molecule has 1 fully saturated rings. The van der Waals surface area contributed by atoms with E-state index in [9.17, 15) is 9.59 Å². The van der Waals surface area contributed by atoms with Gasteiger partial charge in [0.1, 0.15) is 5.75 Å². The lowest BCUT2D eigenvalue weighted by Crippen LogP contribution is -2.27. The van der Waals surface area contributed by atoms with Crippen LogP contribution in [0.3, 0.4) is 0 Å². The fourth-order valence-electron chi connectivity index (χ4n) is 3.30. The van der Waals surface area contributed by atoms with Crippen LogP contribution in [0, 0.1) is 0 Å². The molecule has 4 rings (SSSR count). The largest absolute Gasteiger partial charge is 0.494 e. The average Bonchev–Trinajstić information content (AvgIpc) is 3.02.